The highest BCUT2D eigenvalue weighted by atomic mass is 127. The highest BCUT2D eigenvalue weighted by Crippen LogP contribution is 2.21. The Labute approximate surface area is 318 Å². The number of unbranched alkanes of at least 4 members (excludes halogenated alkanes) is 33. The molecule has 0 aromatic carbocycles. The van der Waals surface area contributed by atoms with E-state index in [1.165, 1.54) is 268 Å². The van der Waals surface area contributed by atoms with Crippen LogP contribution in [0.15, 0.2) is 0 Å². The summed E-state index contributed by atoms with van der Waals surface area (Å²) in [6.07, 6.45) is 54.2. The van der Waals surface area contributed by atoms with Gasteiger partial charge < -0.3 is 28.5 Å². The summed E-state index contributed by atoms with van der Waals surface area (Å²) in [5.41, 5.74) is 0. The van der Waals surface area contributed by atoms with Crippen LogP contribution in [0.3, 0.4) is 0 Å². The summed E-state index contributed by atoms with van der Waals surface area (Å²) in [5, 5.41) is 0. The molecule has 1 nitrogen and oxygen atoms in total. The largest absolute Gasteiger partial charge is 1.00 e. The lowest BCUT2D eigenvalue weighted by Crippen LogP contribution is -3.00. The van der Waals surface area contributed by atoms with Crippen LogP contribution < -0.4 is 24.0 Å². The van der Waals surface area contributed by atoms with Crippen LogP contribution in [0, 0.1) is 0 Å². The first-order valence-electron chi connectivity index (χ1n) is 22.6. The van der Waals surface area contributed by atoms with E-state index in [2.05, 4.69) is 27.7 Å². The smallest absolute Gasteiger partial charge is 0.0786 e. The van der Waals surface area contributed by atoms with Crippen molar-refractivity contribution in [2.75, 3.05) is 26.2 Å². The molecule has 0 aliphatic rings. The lowest BCUT2D eigenvalue weighted by atomic mass is 10.0. The van der Waals surface area contributed by atoms with Crippen LogP contribution in [-0.2, 0) is 0 Å². The third-order valence-corrected chi connectivity index (χ3v) is 11.2. The third-order valence-electron chi connectivity index (χ3n) is 11.2. The Hall–Kier alpha value is 0.690. The van der Waals surface area contributed by atoms with E-state index >= 15 is 0 Å². The molecule has 0 aromatic rings. The van der Waals surface area contributed by atoms with E-state index in [0.717, 1.165) is 0 Å². The summed E-state index contributed by atoms with van der Waals surface area (Å²) in [5.74, 6) is 0. The molecule has 0 spiro atoms. The van der Waals surface area contributed by atoms with Gasteiger partial charge in [0.05, 0.1) is 26.2 Å². The van der Waals surface area contributed by atoms with Crippen LogP contribution in [0.5, 0.6) is 0 Å². The Kier molecular flexibility index (Phi) is 45.4. The minimum absolute atomic E-state index is 0. The van der Waals surface area contributed by atoms with E-state index in [0.29, 0.717) is 0 Å². The molecule has 0 aliphatic heterocycles. The fourth-order valence-corrected chi connectivity index (χ4v) is 7.88. The minimum Gasteiger partial charge on any atom is -1.00 e. The first-order chi connectivity index (χ1) is 22.7. The summed E-state index contributed by atoms with van der Waals surface area (Å²) in [4.78, 5) is 0. The average molecular weight is 776 g/mol. The van der Waals surface area contributed by atoms with Crippen LogP contribution in [0.2, 0.25) is 0 Å². The van der Waals surface area contributed by atoms with Crippen molar-refractivity contribution in [3.8, 4) is 0 Å². The molecule has 0 atom stereocenters. The molecule has 2 heteroatoms. The lowest BCUT2D eigenvalue weighted by molar-refractivity contribution is -0.929. The molecule has 0 amide bonds. The predicted molar refractivity (Wildman–Crippen MR) is 213 cm³/mol. The maximum absolute atomic E-state index is 2.35. The molecule has 0 N–H and O–H groups in total. The van der Waals surface area contributed by atoms with Crippen LogP contribution >= 0.6 is 0 Å². The van der Waals surface area contributed by atoms with E-state index in [4.69, 9.17) is 0 Å². The molecule has 0 radical (unpaired) electrons. The summed E-state index contributed by atoms with van der Waals surface area (Å²) < 4.78 is 1.48. The van der Waals surface area contributed by atoms with Gasteiger partial charge in [-0.1, -0.05) is 214 Å². The summed E-state index contributed by atoms with van der Waals surface area (Å²) >= 11 is 0. The van der Waals surface area contributed by atoms with Gasteiger partial charge in [0.25, 0.3) is 0 Å². The van der Waals surface area contributed by atoms with Crippen molar-refractivity contribution < 1.29 is 28.5 Å². The van der Waals surface area contributed by atoms with Gasteiger partial charge in [0, 0.05) is 0 Å². The Morgan fingerprint density at radius 3 is 0.468 bits per heavy atom. The number of hydrogen-bond acceptors (Lipinski definition) is 0. The lowest BCUT2D eigenvalue weighted by Gasteiger charge is -2.40. The second kappa shape index (κ2) is 42.9. The number of rotatable bonds is 41. The van der Waals surface area contributed by atoms with E-state index in [9.17, 15) is 0 Å². The van der Waals surface area contributed by atoms with Gasteiger partial charge in [0.15, 0.2) is 0 Å². The standard InChI is InChI=1S/C45H94N.HI/c1-5-9-13-17-21-22-23-24-25-26-27-28-29-33-37-41-45-46(42-38-34-30-18-14-10-6-2,43-39-35-31-19-15-11-7-3)44-40-36-32-20-16-12-8-4;/h5-45H2,1-4H3;1H/q+1;/p-1. The fourth-order valence-electron chi connectivity index (χ4n) is 7.88. The number of halogens is 1. The molecule has 0 heterocycles. The fraction of sp³-hybridized carbons (Fsp3) is 1.00. The zero-order valence-electron chi connectivity index (χ0n) is 33.8. The van der Waals surface area contributed by atoms with E-state index < -0.39 is 0 Å². The summed E-state index contributed by atoms with van der Waals surface area (Å²) in [6, 6.07) is 0. The molecule has 47 heavy (non-hydrogen) atoms. The molecule has 0 rings (SSSR count). The molecule has 0 unspecified atom stereocenters. The first kappa shape index (κ1) is 49.8. The van der Waals surface area contributed by atoms with E-state index in [1.54, 1.807) is 0 Å². The van der Waals surface area contributed by atoms with Crippen LogP contribution in [0.25, 0.3) is 0 Å². The van der Waals surface area contributed by atoms with Crippen LogP contribution in [0.4, 0.5) is 0 Å². The van der Waals surface area contributed by atoms with Crippen LogP contribution in [-0.4, -0.2) is 30.7 Å². The molecule has 0 aromatic heterocycles. The van der Waals surface area contributed by atoms with E-state index in [-0.39, 0.29) is 24.0 Å². The summed E-state index contributed by atoms with van der Waals surface area (Å²) in [7, 11) is 0. The normalized spacial score (nSPS) is 11.7. The maximum Gasteiger partial charge on any atom is 0.0786 e. The Balaban J connectivity index is 0. The molecule has 0 fully saturated rings. The minimum atomic E-state index is 0. The number of quaternary nitrogens is 1. The summed E-state index contributed by atoms with van der Waals surface area (Å²) in [6.45, 7) is 15.3. The first-order valence-corrected chi connectivity index (χ1v) is 22.6. The second-order valence-electron chi connectivity index (χ2n) is 15.9. The van der Waals surface area contributed by atoms with Crippen molar-refractivity contribution in [2.24, 2.45) is 0 Å². The van der Waals surface area contributed by atoms with Crippen molar-refractivity contribution >= 4 is 0 Å². The van der Waals surface area contributed by atoms with Gasteiger partial charge in [-0.2, -0.15) is 0 Å². The SMILES string of the molecule is CCCCCCCCCCCCCCCCCC[N+](CCCCCCCCC)(CCCCCCCCC)CCCCCCCCC.[I-]. The zero-order chi connectivity index (χ0) is 33.5. The number of nitrogens with zero attached hydrogens (tertiary/aromatic N) is 1. The Bertz CT molecular complexity index is 489. The molecule has 0 bridgehead atoms. The van der Waals surface area contributed by atoms with Gasteiger partial charge in [-0.3, -0.25) is 0 Å². The molecular formula is C45H94IN. The Morgan fingerprint density at radius 1 is 0.191 bits per heavy atom. The molecule has 0 aliphatic carbocycles. The maximum atomic E-state index is 2.35. The zero-order valence-corrected chi connectivity index (χ0v) is 36.0. The monoisotopic (exact) mass is 776 g/mol. The third kappa shape index (κ3) is 37.8. The molecule has 0 saturated heterocycles. The molecule has 0 saturated carbocycles. The van der Waals surface area contributed by atoms with Crippen LogP contribution in [0.1, 0.15) is 265 Å². The number of hydrogen-bond donors (Lipinski definition) is 0. The van der Waals surface area contributed by atoms with Gasteiger partial charge in [-0.15, -0.1) is 0 Å². The van der Waals surface area contributed by atoms with Crippen molar-refractivity contribution in [1.29, 1.82) is 0 Å². The highest BCUT2D eigenvalue weighted by molar-refractivity contribution is 4.56. The van der Waals surface area contributed by atoms with Gasteiger partial charge in [-0.25, -0.2) is 0 Å². The van der Waals surface area contributed by atoms with Crippen molar-refractivity contribution in [2.45, 2.75) is 265 Å². The van der Waals surface area contributed by atoms with E-state index in [1.807, 2.05) is 0 Å². The van der Waals surface area contributed by atoms with Gasteiger partial charge in [-0.05, 0) is 51.4 Å². The van der Waals surface area contributed by atoms with Crippen molar-refractivity contribution in [3.05, 3.63) is 0 Å². The quantitative estimate of drug-likeness (QED) is 0.0330. The Morgan fingerprint density at radius 2 is 0.319 bits per heavy atom. The average Bonchev–Trinajstić information content (AvgIpc) is 3.06. The van der Waals surface area contributed by atoms with Crippen molar-refractivity contribution in [3.63, 3.8) is 0 Å². The predicted octanol–water partition coefficient (Wildman–Crippen LogP) is 13.3. The second-order valence-corrected chi connectivity index (χ2v) is 15.9. The van der Waals surface area contributed by atoms with Gasteiger partial charge in [0.1, 0.15) is 0 Å². The van der Waals surface area contributed by atoms with Gasteiger partial charge >= 0.3 is 0 Å². The molecular weight excluding hydrogens is 681 g/mol. The molecule has 286 valence electrons. The highest BCUT2D eigenvalue weighted by Gasteiger charge is 2.25. The van der Waals surface area contributed by atoms with Gasteiger partial charge in [0.2, 0.25) is 0 Å². The van der Waals surface area contributed by atoms with Crippen molar-refractivity contribution in [1.82, 2.24) is 0 Å². The topological polar surface area (TPSA) is 0 Å².